The van der Waals surface area contributed by atoms with E-state index in [4.69, 9.17) is 4.74 Å². The van der Waals surface area contributed by atoms with Crippen molar-refractivity contribution in [1.29, 1.82) is 0 Å². The van der Waals surface area contributed by atoms with Gasteiger partial charge in [-0.2, -0.15) is 0 Å². The third-order valence-corrected chi connectivity index (χ3v) is 4.62. The number of rotatable bonds is 4. The molecular formula is C16H28N4O. The van der Waals surface area contributed by atoms with Gasteiger partial charge in [0.2, 0.25) is 0 Å². The lowest BCUT2D eigenvalue weighted by atomic mass is 9.99. The molecule has 0 saturated carbocycles. The molecule has 2 aliphatic heterocycles. The van der Waals surface area contributed by atoms with E-state index in [0.717, 1.165) is 38.8 Å². The first-order valence-electron chi connectivity index (χ1n) is 8.15. The van der Waals surface area contributed by atoms with Gasteiger partial charge in [0.15, 0.2) is 0 Å². The van der Waals surface area contributed by atoms with Gasteiger partial charge in [0.05, 0.1) is 6.54 Å². The third-order valence-electron chi connectivity index (χ3n) is 4.62. The molecular weight excluding hydrogens is 264 g/mol. The van der Waals surface area contributed by atoms with Crippen molar-refractivity contribution < 1.29 is 4.74 Å². The zero-order valence-corrected chi connectivity index (χ0v) is 13.4. The Kier molecular flexibility index (Phi) is 4.93. The normalized spacial score (nSPS) is 25.0. The first kappa shape index (κ1) is 15.0. The van der Waals surface area contributed by atoms with Gasteiger partial charge in [-0.25, -0.2) is 4.98 Å². The van der Waals surface area contributed by atoms with E-state index in [2.05, 4.69) is 39.6 Å². The molecule has 0 amide bonds. The van der Waals surface area contributed by atoms with Gasteiger partial charge in [0.1, 0.15) is 5.82 Å². The Morgan fingerprint density at radius 2 is 2.05 bits per heavy atom. The van der Waals surface area contributed by atoms with Gasteiger partial charge in [-0.3, -0.25) is 4.90 Å². The molecule has 3 rings (SSSR count). The summed E-state index contributed by atoms with van der Waals surface area (Å²) in [6.45, 7) is 7.48. The summed E-state index contributed by atoms with van der Waals surface area (Å²) in [5, 5.41) is 0. The van der Waals surface area contributed by atoms with Crippen LogP contribution in [0.3, 0.4) is 0 Å². The summed E-state index contributed by atoms with van der Waals surface area (Å²) in [5.41, 5.74) is 0. The van der Waals surface area contributed by atoms with Crippen LogP contribution in [-0.2, 0) is 17.8 Å². The van der Waals surface area contributed by atoms with Crippen LogP contribution in [0.5, 0.6) is 0 Å². The lowest BCUT2D eigenvalue weighted by Crippen LogP contribution is -2.37. The number of nitrogens with zero attached hydrogens (tertiary/aromatic N) is 4. The number of hydrogen-bond donors (Lipinski definition) is 0. The molecule has 1 fully saturated rings. The van der Waals surface area contributed by atoms with Crippen LogP contribution in [0.4, 0.5) is 0 Å². The van der Waals surface area contributed by atoms with Crippen molar-refractivity contribution in [2.45, 2.75) is 25.9 Å². The summed E-state index contributed by atoms with van der Waals surface area (Å²) < 4.78 is 7.83. The third kappa shape index (κ3) is 4.05. The van der Waals surface area contributed by atoms with Gasteiger partial charge in [0.25, 0.3) is 0 Å². The van der Waals surface area contributed by atoms with Crippen molar-refractivity contribution in [2.24, 2.45) is 11.8 Å². The van der Waals surface area contributed by atoms with Gasteiger partial charge in [-0.15, -0.1) is 0 Å². The van der Waals surface area contributed by atoms with Crippen LogP contribution >= 0.6 is 0 Å². The van der Waals surface area contributed by atoms with Crippen LogP contribution in [0, 0.1) is 11.8 Å². The molecule has 1 saturated heterocycles. The van der Waals surface area contributed by atoms with E-state index in [1.54, 1.807) is 0 Å². The average molecular weight is 292 g/mol. The first-order valence-corrected chi connectivity index (χ1v) is 8.15. The molecule has 0 bridgehead atoms. The highest BCUT2D eigenvalue weighted by molar-refractivity contribution is 4.96. The lowest BCUT2D eigenvalue weighted by Gasteiger charge is -2.30. The number of aromatic nitrogens is 2. The molecule has 0 N–H and O–H groups in total. The smallest absolute Gasteiger partial charge is 0.122 e. The highest BCUT2D eigenvalue weighted by atomic mass is 16.5. The first-order chi connectivity index (χ1) is 10.2. The Hall–Kier alpha value is -0.910. The summed E-state index contributed by atoms with van der Waals surface area (Å²) in [7, 11) is 4.34. The van der Waals surface area contributed by atoms with Crippen molar-refractivity contribution >= 4 is 0 Å². The van der Waals surface area contributed by atoms with Crippen molar-refractivity contribution in [2.75, 3.05) is 46.9 Å². The van der Waals surface area contributed by atoms with Crippen molar-refractivity contribution in [3.63, 3.8) is 0 Å². The Balaban J connectivity index is 1.67. The van der Waals surface area contributed by atoms with Crippen LogP contribution in [0.1, 0.15) is 18.7 Å². The number of ether oxygens (including phenoxy) is 1. The van der Waals surface area contributed by atoms with Crippen LogP contribution in [0.25, 0.3) is 0 Å². The van der Waals surface area contributed by atoms with E-state index in [9.17, 15) is 0 Å². The fraction of sp³-hybridized carbons (Fsp3) is 0.812. The highest BCUT2D eigenvalue weighted by Gasteiger charge is 2.25. The topological polar surface area (TPSA) is 33.5 Å². The summed E-state index contributed by atoms with van der Waals surface area (Å²) in [5.74, 6) is 2.69. The minimum Gasteiger partial charge on any atom is -0.381 e. The molecule has 0 aromatic carbocycles. The molecule has 0 radical (unpaired) electrons. The van der Waals surface area contributed by atoms with Gasteiger partial charge >= 0.3 is 0 Å². The summed E-state index contributed by atoms with van der Waals surface area (Å²) in [4.78, 5) is 9.48. The molecule has 5 heteroatoms. The molecule has 1 aromatic heterocycles. The predicted molar refractivity (Wildman–Crippen MR) is 83.1 cm³/mol. The molecule has 0 spiro atoms. The van der Waals surface area contributed by atoms with Gasteiger partial charge in [0, 0.05) is 57.7 Å². The summed E-state index contributed by atoms with van der Waals surface area (Å²) in [6.07, 6.45) is 6.50. The van der Waals surface area contributed by atoms with Gasteiger partial charge in [-0.1, -0.05) is 0 Å². The minimum atomic E-state index is 0.676. The zero-order chi connectivity index (χ0) is 14.7. The van der Waals surface area contributed by atoms with E-state index in [0.29, 0.717) is 5.92 Å². The second-order valence-electron chi connectivity index (χ2n) is 6.87. The summed E-state index contributed by atoms with van der Waals surface area (Å²) in [6, 6.07) is 0. The predicted octanol–water partition coefficient (Wildman–Crippen LogP) is 1.30. The van der Waals surface area contributed by atoms with E-state index in [1.165, 1.54) is 31.8 Å². The molecule has 0 unspecified atom stereocenters. The number of hydrogen-bond acceptors (Lipinski definition) is 4. The molecule has 0 aliphatic carbocycles. The lowest BCUT2D eigenvalue weighted by molar-refractivity contribution is 0.0486. The SMILES string of the molecule is CN(C)C[C@@H]1CN(CC2CCOCC2)Cc2nccn2C1. The molecule has 2 aliphatic rings. The van der Waals surface area contributed by atoms with Crippen molar-refractivity contribution in [1.82, 2.24) is 19.4 Å². The van der Waals surface area contributed by atoms with E-state index in [-0.39, 0.29) is 0 Å². The van der Waals surface area contributed by atoms with Crippen LogP contribution in [-0.4, -0.2) is 66.3 Å². The van der Waals surface area contributed by atoms with Crippen LogP contribution < -0.4 is 0 Å². The van der Waals surface area contributed by atoms with E-state index >= 15 is 0 Å². The maximum atomic E-state index is 5.49. The molecule has 21 heavy (non-hydrogen) atoms. The molecule has 3 heterocycles. The zero-order valence-electron chi connectivity index (χ0n) is 13.4. The van der Waals surface area contributed by atoms with Crippen molar-refractivity contribution in [3.05, 3.63) is 18.2 Å². The maximum Gasteiger partial charge on any atom is 0.122 e. The molecule has 5 nitrogen and oxygen atoms in total. The van der Waals surface area contributed by atoms with Crippen molar-refractivity contribution in [3.8, 4) is 0 Å². The molecule has 1 atom stereocenters. The Morgan fingerprint density at radius 3 is 2.81 bits per heavy atom. The van der Waals surface area contributed by atoms with Gasteiger partial charge in [-0.05, 0) is 32.9 Å². The highest BCUT2D eigenvalue weighted by Crippen LogP contribution is 2.21. The fourth-order valence-electron chi connectivity index (χ4n) is 3.69. The van der Waals surface area contributed by atoms with E-state index in [1.807, 2.05) is 6.20 Å². The minimum absolute atomic E-state index is 0.676. The maximum absolute atomic E-state index is 5.49. The Bertz CT molecular complexity index is 439. The van der Waals surface area contributed by atoms with Crippen LogP contribution in [0.2, 0.25) is 0 Å². The average Bonchev–Trinajstić information content (AvgIpc) is 2.80. The summed E-state index contributed by atoms with van der Waals surface area (Å²) >= 11 is 0. The number of imidazole rings is 1. The largest absolute Gasteiger partial charge is 0.381 e. The Morgan fingerprint density at radius 1 is 1.24 bits per heavy atom. The second-order valence-corrected chi connectivity index (χ2v) is 6.87. The Labute approximate surface area is 127 Å². The molecule has 118 valence electrons. The fourth-order valence-corrected chi connectivity index (χ4v) is 3.69. The van der Waals surface area contributed by atoms with Gasteiger partial charge < -0.3 is 14.2 Å². The second kappa shape index (κ2) is 6.90. The standard InChI is InChI=1S/C16H28N4O/c1-18(2)9-15-11-19(10-14-3-7-21-8-4-14)13-16-17-5-6-20(16)12-15/h5-6,14-15H,3-4,7-13H2,1-2H3/t15-/m1/s1. The molecule has 1 aromatic rings. The van der Waals surface area contributed by atoms with E-state index < -0.39 is 0 Å². The van der Waals surface area contributed by atoms with Crippen LogP contribution in [0.15, 0.2) is 12.4 Å². The quantitative estimate of drug-likeness (QED) is 0.838. The monoisotopic (exact) mass is 292 g/mol. The number of fused-ring (bicyclic) bond motifs is 1.